The van der Waals surface area contributed by atoms with Crippen LogP contribution in [0.5, 0.6) is 0 Å². The Morgan fingerprint density at radius 3 is 2.70 bits per heavy atom. The molecule has 0 aromatic heterocycles. The minimum absolute atomic E-state index is 0. The van der Waals surface area contributed by atoms with E-state index in [1.54, 1.807) is 6.08 Å². The number of anilines is 1. The summed E-state index contributed by atoms with van der Waals surface area (Å²) in [6.07, 6.45) is 3.76. The summed E-state index contributed by atoms with van der Waals surface area (Å²) in [6, 6.07) is 7.69. The highest BCUT2D eigenvalue weighted by molar-refractivity contribution is 5.85. The third-order valence-electron chi connectivity index (χ3n) is 2.64. The maximum absolute atomic E-state index is 11.5. The highest BCUT2D eigenvalue weighted by Gasteiger charge is 2.00. The molecular weight excluding hydrogens is 276 g/mol. The molecule has 0 radical (unpaired) electrons. The number of nitrogen functional groups attached to an aromatic ring is 1. The van der Waals surface area contributed by atoms with Gasteiger partial charge in [-0.05, 0) is 30.5 Å². The van der Waals surface area contributed by atoms with Gasteiger partial charge in [0, 0.05) is 25.3 Å². The van der Waals surface area contributed by atoms with Crippen molar-refractivity contribution in [2.24, 2.45) is 0 Å². The number of amides is 1. The molecule has 0 saturated carbocycles. The highest BCUT2D eigenvalue weighted by atomic mass is 35.5. The van der Waals surface area contributed by atoms with Crippen LogP contribution in [0, 0.1) is 0 Å². The fourth-order valence-electron chi connectivity index (χ4n) is 1.62. The molecule has 0 fully saturated rings. The number of benzene rings is 1. The summed E-state index contributed by atoms with van der Waals surface area (Å²) >= 11 is 0. The highest BCUT2D eigenvalue weighted by Crippen LogP contribution is 2.05. The molecule has 0 aliphatic rings. The number of halogens is 1. The van der Waals surface area contributed by atoms with E-state index in [0.29, 0.717) is 26.2 Å². The van der Waals surface area contributed by atoms with E-state index in [9.17, 15) is 4.79 Å². The summed E-state index contributed by atoms with van der Waals surface area (Å²) in [4.78, 5) is 11.5. The fourth-order valence-corrected chi connectivity index (χ4v) is 1.62. The zero-order valence-corrected chi connectivity index (χ0v) is 12.5. The first-order chi connectivity index (χ1) is 9.22. The van der Waals surface area contributed by atoms with Gasteiger partial charge in [0.25, 0.3) is 0 Å². The van der Waals surface area contributed by atoms with Crippen molar-refractivity contribution in [3.05, 3.63) is 42.5 Å². The van der Waals surface area contributed by atoms with Crippen LogP contribution < -0.4 is 11.1 Å². The van der Waals surface area contributed by atoms with Gasteiger partial charge in [0.15, 0.2) is 0 Å². The average molecular weight is 299 g/mol. The van der Waals surface area contributed by atoms with Crippen LogP contribution in [-0.4, -0.2) is 25.7 Å². The first-order valence-electron chi connectivity index (χ1n) is 6.52. The van der Waals surface area contributed by atoms with E-state index in [4.69, 9.17) is 10.5 Å². The van der Waals surface area contributed by atoms with Gasteiger partial charge in [-0.25, -0.2) is 0 Å². The summed E-state index contributed by atoms with van der Waals surface area (Å²) in [7, 11) is 0. The van der Waals surface area contributed by atoms with E-state index in [1.165, 1.54) is 5.56 Å². The largest absolute Gasteiger partial charge is 0.399 e. The van der Waals surface area contributed by atoms with Crippen molar-refractivity contribution in [2.45, 2.75) is 19.3 Å². The number of nitrogens with one attached hydrogen (secondary N) is 1. The van der Waals surface area contributed by atoms with Gasteiger partial charge in [-0.15, -0.1) is 19.0 Å². The predicted molar refractivity (Wildman–Crippen MR) is 85.1 cm³/mol. The number of nitrogens with two attached hydrogens (primary N) is 1. The quantitative estimate of drug-likeness (QED) is 0.418. The summed E-state index contributed by atoms with van der Waals surface area (Å²) in [5.41, 5.74) is 7.53. The van der Waals surface area contributed by atoms with Crippen LogP contribution in [-0.2, 0) is 16.0 Å². The normalized spacial score (nSPS) is 9.60. The van der Waals surface area contributed by atoms with Gasteiger partial charge in [0.2, 0.25) is 5.91 Å². The van der Waals surface area contributed by atoms with E-state index in [2.05, 4.69) is 11.9 Å². The maximum atomic E-state index is 11.5. The van der Waals surface area contributed by atoms with Crippen LogP contribution in [0.2, 0.25) is 0 Å². The van der Waals surface area contributed by atoms with Gasteiger partial charge < -0.3 is 15.8 Å². The summed E-state index contributed by atoms with van der Waals surface area (Å²) in [5.74, 6) is 0.0673. The third kappa shape index (κ3) is 8.56. The van der Waals surface area contributed by atoms with Crippen molar-refractivity contribution in [1.82, 2.24) is 5.32 Å². The fraction of sp³-hybridized carbons (Fsp3) is 0.400. The Hall–Kier alpha value is -1.52. The van der Waals surface area contributed by atoms with Crippen LogP contribution in [0.1, 0.15) is 18.4 Å². The molecule has 0 aliphatic carbocycles. The number of carbonyl (C=O) groups is 1. The van der Waals surface area contributed by atoms with Crippen molar-refractivity contribution in [1.29, 1.82) is 0 Å². The summed E-state index contributed by atoms with van der Waals surface area (Å²) < 4.78 is 5.21. The zero-order chi connectivity index (χ0) is 13.9. The first-order valence-corrected chi connectivity index (χ1v) is 6.52. The lowest BCUT2D eigenvalue weighted by molar-refractivity contribution is -0.121. The Labute approximate surface area is 126 Å². The lowest BCUT2D eigenvalue weighted by atomic mass is 10.1. The Morgan fingerprint density at radius 2 is 2.05 bits per heavy atom. The number of rotatable bonds is 9. The Morgan fingerprint density at radius 1 is 1.35 bits per heavy atom. The Bertz CT molecular complexity index is 393. The summed E-state index contributed by atoms with van der Waals surface area (Å²) in [5, 5.41) is 2.89. The summed E-state index contributed by atoms with van der Waals surface area (Å²) in [6.45, 7) is 5.34. The lowest BCUT2D eigenvalue weighted by Crippen LogP contribution is -2.25. The molecule has 1 aromatic carbocycles. The molecule has 0 heterocycles. The monoisotopic (exact) mass is 298 g/mol. The maximum Gasteiger partial charge on any atom is 0.220 e. The number of hydrogen-bond acceptors (Lipinski definition) is 3. The molecule has 0 spiro atoms. The number of carbonyl (C=O) groups excluding carboxylic acids is 1. The molecule has 0 saturated heterocycles. The van der Waals surface area contributed by atoms with Gasteiger partial charge in [-0.1, -0.05) is 18.2 Å². The molecule has 5 heteroatoms. The lowest BCUT2D eigenvalue weighted by Gasteiger charge is -2.06. The van der Waals surface area contributed by atoms with Crippen LogP contribution in [0.4, 0.5) is 5.69 Å². The first kappa shape index (κ1) is 18.5. The Balaban J connectivity index is 0.00000361. The number of hydrogen-bond donors (Lipinski definition) is 2. The molecule has 3 N–H and O–H groups in total. The van der Waals surface area contributed by atoms with Crippen LogP contribution >= 0.6 is 12.4 Å². The van der Waals surface area contributed by atoms with E-state index in [0.717, 1.165) is 18.5 Å². The molecule has 1 amide bonds. The standard InChI is InChI=1S/C15H22N2O2.ClH/c1-2-11-19-12-3-4-15(18)17-10-9-13-5-7-14(16)8-6-13;/h2,5-8H,1,3-4,9-12,16H2,(H,17,18);1H. The molecule has 1 aromatic rings. The molecule has 1 rings (SSSR count). The van der Waals surface area contributed by atoms with E-state index in [-0.39, 0.29) is 18.3 Å². The molecule has 0 atom stereocenters. The van der Waals surface area contributed by atoms with Crippen molar-refractivity contribution in [2.75, 3.05) is 25.5 Å². The molecule has 0 unspecified atom stereocenters. The number of ether oxygens (including phenoxy) is 1. The van der Waals surface area contributed by atoms with Gasteiger partial charge in [-0.2, -0.15) is 0 Å². The Kier molecular flexibility index (Phi) is 10.5. The second-order valence-electron chi connectivity index (χ2n) is 4.31. The second-order valence-corrected chi connectivity index (χ2v) is 4.31. The third-order valence-corrected chi connectivity index (χ3v) is 2.64. The molecular formula is C15H23ClN2O2. The van der Waals surface area contributed by atoms with E-state index < -0.39 is 0 Å². The van der Waals surface area contributed by atoms with Gasteiger partial charge in [0.1, 0.15) is 0 Å². The van der Waals surface area contributed by atoms with Crippen molar-refractivity contribution >= 4 is 24.0 Å². The van der Waals surface area contributed by atoms with Crippen molar-refractivity contribution in [3.8, 4) is 0 Å². The van der Waals surface area contributed by atoms with Gasteiger partial charge in [-0.3, -0.25) is 4.79 Å². The average Bonchev–Trinajstić information content (AvgIpc) is 2.41. The predicted octanol–water partition coefficient (Wildman–Crippen LogP) is 2.33. The topological polar surface area (TPSA) is 64.3 Å². The van der Waals surface area contributed by atoms with Crippen LogP contribution in [0.25, 0.3) is 0 Å². The SMILES string of the molecule is C=CCOCCCC(=O)NCCc1ccc(N)cc1.Cl. The van der Waals surface area contributed by atoms with E-state index in [1.807, 2.05) is 24.3 Å². The second kappa shape index (κ2) is 11.3. The van der Waals surface area contributed by atoms with Gasteiger partial charge in [0.05, 0.1) is 6.61 Å². The van der Waals surface area contributed by atoms with E-state index >= 15 is 0 Å². The van der Waals surface area contributed by atoms with Crippen LogP contribution in [0.3, 0.4) is 0 Å². The van der Waals surface area contributed by atoms with Gasteiger partial charge >= 0.3 is 0 Å². The zero-order valence-electron chi connectivity index (χ0n) is 11.6. The molecule has 0 bridgehead atoms. The minimum Gasteiger partial charge on any atom is -0.399 e. The van der Waals surface area contributed by atoms with Crippen molar-refractivity contribution in [3.63, 3.8) is 0 Å². The van der Waals surface area contributed by atoms with Crippen molar-refractivity contribution < 1.29 is 9.53 Å². The minimum atomic E-state index is 0. The molecule has 0 aliphatic heterocycles. The smallest absolute Gasteiger partial charge is 0.220 e. The van der Waals surface area contributed by atoms with Crippen LogP contribution in [0.15, 0.2) is 36.9 Å². The molecule has 4 nitrogen and oxygen atoms in total. The molecule has 20 heavy (non-hydrogen) atoms. The molecule has 112 valence electrons.